The van der Waals surface area contributed by atoms with Crippen molar-refractivity contribution in [3.8, 4) is 0 Å². The number of benzene rings is 3. The minimum absolute atomic E-state index is 0.0214. The quantitative estimate of drug-likeness (QED) is 0.714. The Morgan fingerprint density at radius 3 is 1.22 bits per heavy atom. The average Bonchev–Trinajstić information content (AvgIpc) is 2.65. The van der Waals surface area contributed by atoms with Gasteiger partial charge in [-0.05, 0) is 36.4 Å². The standard InChI is InChI=1S/C21H20OP/c1-18(17-22)23(19-11-5-2-6-12-19,20-13-7-3-8-14-20)21-15-9-4-10-16-21/h2-16,22H,1,17H2/q+1. The van der Waals surface area contributed by atoms with Gasteiger partial charge in [0.25, 0.3) is 0 Å². The lowest BCUT2D eigenvalue weighted by molar-refractivity contribution is 0.339. The van der Waals surface area contributed by atoms with Crippen molar-refractivity contribution in [2.45, 2.75) is 0 Å². The van der Waals surface area contributed by atoms with E-state index in [1.807, 2.05) is 18.2 Å². The molecule has 0 unspecified atom stereocenters. The second kappa shape index (κ2) is 6.91. The lowest BCUT2D eigenvalue weighted by Crippen LogP contribution is -2.32. The van der Waals surface area contributed by atoms with Gasteiger partial charge in [-0.2, -0.15) is 0 Å². The summed E-state index contributed by atoms with van der Waals surface area (Å²) in [5, 5.41) is 14.5. The molecule has 0 aliphatic heterocycles. The van der Waals surface area contributed by atoms with Crippen LogP contribution in [0.3, 0.4) is 0 Å². The SMILES string of the molecule is C=C(CO)[P+](c1ccccc1)(c1ccccc1)c1ccccc1. The van der Waals surface area contributed by atoms with Crippen LogP contribution in [0.5, 0.6) is 0 Å². The second-order valence-corrected chi connectivity index (χ2v) is 8.93. The molecular weight excluding hydrogens is 299 g/mol. The summed E-state index contributed by atoms with van der Waals surface area (Å²) in [6, 6.07) is 31.3. The molecular formula is C21H20OP+. The third-order valence-corrected chi connectivity index (χ3v) is 8.40. The lowest BCUT2D eigenvalue weighted by atomic mass is 10.4. The predicted octanol–water partition coefficient (Wildman–Crippen LogP) is 3.49. The summed E-state index contributed by atoms with van der Waals surface area (Å²) >= 11 is 0. The maximum Gasteiger partial charge on any atom is 0.141 e. The van der Waals surface area contributed by atoms with Crippen molar-refractivity contribution in [1.29, 1.82) is 0 Å². The molecule has 1 N–H and O–H groups in total. The van der Waals surface area contributed by atoms with E-state index in [0.29, 0.717) is 0 Å². The summed E-state index contributed by atoms with van der Waals surface area (Å²) in [6.07, 6.45) is 0. The van der Waals surface area contributed by atoms with Crippen LogP contribution in [-0.4, -0.2) is 11.7 Å². The van der Waals surface area contributed by atoms with E-state index in [2.05, 4.69) is 79.4 Å². The number of aliphatic hydroxyl groups is 1. The van der Waals surface area contributed by atoms with Gasteiger partial charge in [0.05, 0.1) is 0 Å². The Labute approximate surface area is 138 Å². The monoisotopic (exact) mass is 319 g/mol. The highest BCUT2D eigenvalue weighted by molar-refractivity contribution is 7.99. The van der Waals surface area contributed by atoms with Gasteiger partial charge in [-0.3, -0.25) is 0 Å². The van der Waals surface area contributed by atoms with Crippen LogP contribution in [0, 0.1) is 0 Å². The molecule has 0 saturated carbocycles. The van der Waals surface area contributed by atoms with E-state index in [-0.39, 0.29) is 6.61 Å². The predicted molar refractivity (Wildman–Crippen MR) is 101 cm³/mol. The number of aliphatic hydroxyl groups excluding tert-OH is 1. The first-order valence-corrected chi connectivity index (χ1v) is 9.44. The van der Waals surface area contributed by atoms with E-state index in [4.69, 9.17) is 0 Å². The zero-order chi connectivity index (χ0) is 16.1. The molecule has 0 amide bonds. The second-order valence-electron chi connectivity index (χ2n) is 5.40. The van der Waals surface area contributed by atoms with Crippen LogP contribution in [0.25, 0.3) is 0 Å². The van der Waals surface area contributed by atoms with Crippen LogP contribution in [0.2, 0.25) is 0 Å². The van der Waals surface area contributed by atoms with Crippen molar-refractivity contribution in [2.24, 2.45) is 0 Å². The van der Waals surface area contributed by atoms with E-state index in [9.17, 15) is 5.11 Å². The Hall–Kier alpha value is -2.21. The van der Waals surface area contributed by atoms with Crippen LogP contribution in [0.1, 0.15) is 0 Å². The van der Waals surface area contributed by atoms with E-state index in [1.165, 1.54) is 15.9 Å². The topological polar surface area (TPSA) is 20.2 Å². The largest absolute Gasteiger partial charge is 0.388 e. The molecule has 0 aliphatic carbocycles. The van der Waals surface area contributed by atoms with Crippen molar-refractivity contribution in [3.63, 3.8) is 0 Å². The zero-order valence-electron chi connectivity index (χ0n) is 13.0. The summed E-state index contributed by atoms with van der Waals surface area (Å²) in [5.41, 5.74) is 0. The normalized spacial score (nSPS) is 11.2. The van der Waals surface area contributed by atoms with Gasteiger partial charge in [0.1, 0.15) is 35.1 Å². The van der Waals surface area contributed by atoms with Crippen molar-refractivity contribution < 1.29 is 5.11 Å². The molecule has 0 fully saturated rings. The van der Waals surface area contributed by atoms with Crippen molar-refractivity contribution in [2.75, 3.05) is 6.61 Å². The van der Waals surface area contributed by atoms with Gasteiger partial charge >= 0.3 is 0 Å². The molecule has 3 aromatic carbocycles. The van der Waals surface area contributed by atoms with E-state index in [1.54, 1.807) is 0 Å². The van der Waals surface area contributed by atoms with Gasteiger partial charge in [-0.25, -0.2) is 0 Å². The Kier molecular flexibility index (Phi) is 4.71. The highest BCUT2D eigenvalue weighted by Crippen LogP contribution is 2.61. The summed E-state index contributed by atoms with van der Waals surface area (Å²) < 4.78 is 0. The first kappa shape index (κ1) is 15.7. The van der Waals surface area contributed by atoms with Gasteiger partial charge in [0, 0.05) is 0 Å². The van der Waals surface area contributed by atoms with Crippen LogP contribution in [0.15, 0.2) is 103 Å². The van der Waals surface area contributed by atoms with Crippen molar-refractivity contribution in [3.05, 3.63) is 103 Å². The first-order chi connectivity index (χ1) is 11.3. The van der Waals surface area contributed by atoms with Crippen LogP contribution in [-0.2, 0) is 0 Å². The van der Waals surface area contributed by atoms with Gasteiger partial charge in [-0.15, -0.1) is 0 Å². The molecule has 0 spiro atoms. The summed E-state index contributed by atoms with van der Waals surface area (Å²) in [7, 11) is -2.09. The number of hydrogen-bond donors (Lipinski definition) is 1. The first-order valence-electron chi connectivity index (χ1n) is 7.65. The third-order valence-electron chi connectivity index (χ3n) is 4.09. The van der Waals surface area contributed by atoms with E-state index < -0.39 is 7.26 Å². The number of rotatable bonds is 5. The van der Waals surface area contributed by atoms with E-state index >= 15 is 0 Å². The molecule has 0 aliphatic rings. The van der Waals surface area contributed by atoms with Crippen LogP contribution >= 0.6 is 7.26 Å². The van der Waals surface area contributed by atoms with Crippen LogP contribution in [0.4, 0.5) is 0 Å². The molecule has 1 nitrogen and oxygen atoms in total. The van der Waals surface area contributed by atoms with Gasteiger partial charge in [0.15, 0.2) is 0 Å². The number of hydrogen-bond acceptors (Lipinski definition) is 1. The average molecular weight is 319 g/mol. The fourth-order valence-corrected chi connectivity index (χ4v) is 7.12. The molecule has 3 rings (SSSR count). The molecule has 0 saturated heterocycles. The molecule has 0 bridgehead atoms. The molecule has 114 valence electrons. The van der Waals surface area contributed by atoms with Gasteiger partial charge in [0.2, 0.25) is 0 Å². The third kappa shape index (κ3) is 2.74. The zero-order valence-corrected chi connectivity index (χ0v) is 13.9. The van der Waals surface area contributed by atoms with Crippen molar-refractivity contribution >= 4 is 23.2 Å². The molecule has 2 heteroatoms. The highest BCUT2D eigenvalue weighted by Gasteiger charge is 2.48. The summed E-state index contributed by atoms with van der Waals surface area (Å²) in [5.74, 6) is 0. The van der Waals surface area contributed by atoms with Gasteiger partial charge < -0.3 is 5.11 Å². The highest BCUT2D eigenvalue weighted by atomic mass is 31.2. The van der Waals surface area contributed by atoms with Crippen LogP contribution < -0.4 is 15.9 Å². The summed E-state index contributed by atoms with van der Waals surface area (Å²) in [6.45, 7) is 4.25. The molecule has 23 heavy (non-hydrogen) atoms. The Morgan fingerprint density at radius 2 is 0.957 bits per heavy atom. The minimum atomic E-state index is -2.09. The Morgan fingerprint density at radius 1 is 0.652 bits per heavy atom. The maximum atomic E-state index is 9.98. The Bertz CT molecular complexity index is 670. The van der Waals surface area contributed by atoms with E-state index in [0.717, 1.165) is 5.31 Å². The van der Waals surface area contributed by atoms with Crippen molar-refractivity contribution in [1.82, 2.24) is 0 Å². The smallest absolute Gasteiger partial charge is 0.141 e. The molecule has 0 aromatic heterocycles. The molecule has 3 aromatic rings. The fourth-order valence-electron chi connectivity index (χ4n) is 3.06. The summed E-state index contributed by atoms with van der Waals surface area (Å²) in [4.78, 5) is 0. The maximum absolute atomic E-state index is 9.98. The molecule has 0 heterocycles. The minimum Gasteiger partial charge on any atom is -0.388 e. The molecule has 0 atom stereocenters. The lowest BCUT2D eigenvalue weighted by Gasteiger charge is -2.28. The fraction of sp³-hybridized carbons (Fsp3) is 0.0476. The molecule has 0 radical (unpaired) electrons. The van der Waals surface area contributed by atoms with Gasteiger partial charge in [-0.1, -0.05) is 61.2 Å². The Balaban J connectivity index is 2.38.